The van der Waals surface area contributed by atoms with E-state index < -0.39 is 0 Å². The second-order valence-electron chi connectivity index (χ2n) is 3.57. The lowest BCUT2D eigenvalue weighted by atomic mass is 9.96. The van der Waals surface area contributed by atoms with Gasteiger partial charge in [0.1, 0.15) is 6.61 Å². The number of carbonyl (C=O) groups excluding carboxylic acids is 1. The van der Waals surface area contributed by atoms with Gasteiger partial charge in [-0.15, -0.1) is 0 Å². The Morgan fingerprint density at radius 1 is 1.36 bits per heavy atom. The van der Waals surface area contributed by atoms with Crippen LogP contribution in [0.1, 0.15) is 39.5 Å². The first kappa shape index (κ1) is 13.6. The van der Waals surface area contributed by atoms with Crippen molar-refractivity contribution < 1.29 is 9.53 Å². The molecule has 0 aliphatic carbocycles. The number of hydrogen-bond acceptors (Lipinski definition) is 3. The van der Waals surface area contributed by atoms with Gasteiger partial charge in [-0.3, -0.25) is 4.79 Å². The first-order valence-electron chi connectivity index (χ1n) is 5.54. The maximum atomic E-state index is 11.3. The Balaban J connectivity index is 3.52. The third-order valence-electron chi connectivity index (χ3n) is 2.45. The average molecular weight is 201 g/mol. The molecule has 0 aromatic carbocycles. The standard InChI is InChI=1S/C11H23NO2/c1-3-10(7-8-12)5-6-11(13)9-14-4-2/h10H,3-9,12H2,1-2H3. The molecular weight excluding hydrogens is 178 g/mol. The minimum atomic E-state index is 0.210. The van der Waals surface area contributed by atoms with Crippen molar-refractivity contribution in [3.63, 3.8) is 0 Å². The molecule has 0 aliphatic heterocycles. The van der Waals surface area contributed by atoms with Gasteiger partial charge in [0, 0.05) is 13.0 Å². The molecule has 2 N–H and O–H groups in total. The largest absolute Gasteiger partial charge is 0.374 e. The van der Waals surface area contributed by atoms with Crippen LogP contribution >= 0.6 is 0 Å². The number of rotatable bonds is 9. The van der Waals surface area contributed by atoms with Gasteiger partial charge in [-0.1, -0.05) is 13.3 Å². The Bertz CT molecular complexity index is 148. The van der Waals surface area contributed by atoms with Crippen LogP contribution in [0.5, 0.6) is 0 Å². The van der Waals surface area contributed by atoms with Crippen LogP contribution in [0.3, 0.4) is 0 Å². The van der Waals surface area contributed by atoms with Crippen molar-refractivity contribution in [2.75, 3.05) is 19.8 Å². The summed E-state index contributed by atoms with van der Waals surface area (Å²) in [6.07, 6.45) is 3.73. The molecule has 0 amide bonds. The molecule has 0 aliphatic rings. The van der Waals surface area contributed by atoms with Crippen molar-refractivity contribution in [2.45, 2.75) is 39.5 Å². The highest BCUT2D eigenvalue weighted by atomic mass is 16.5. The lowest BCUT2D eigenvalue weighted by Gasteiger charge is -2.12. The van der Waals surface area contributed by atoms with Crippen LogP contribution in [-0.4, -0.2) is 25.5 Å². The summed E-state index contributed by atoms with van der Waals surface area (Å²) >= 11 is 0. The molecule has 0 saturated heterocycles. The maximum absolute atomic E-state index is 11.3. The van der Waals surface area contributed by atoms with Gasteiger partial charge in [0.05, 0.1) is 0 Å². The van der Waals surface area contributed by atoms with Crippen LogP contribution in [-0.2, 0) is 9.53 Å². The van der Waals surface area contributed by atoms with Gasteiger partial charge in [0.2, 0.25) is 0 Å². The third-order valence-corrected chi connectivity index (χ3v) is 2.45. The highest BCUT2D eigenvalue weighted by molar-refractivity contribution is 5.79. The Morgan fingerprint density at radius 3 is 2.57 bits per heavy atom. The molecule has 0 aromatic heterocycles. The highest BCUT2D eigenvalue weighted by Gasteiger charge is 2.08. The van der Waals surface area contributed by atoms with E-state index in [1.165, 1.54) is 0 Å². The van der Waals surface area contributed by atoms with E-state index in [1.54, 1.807) is 0 Å². The molecule has 0 heterocycles. The zero-order valence-corrected chi connectivity index (χ0v) is 9.42. The molecule has 0 fully saturated rings. The fourth-order valence-corrected chi connectivity index (χ4v) is 1.44. The fourth-order valence-electron chi connectivity index (χ4n) is 1.44. The summed E-state index contributed by atoms with van der Waals surface area (Å²) in [5, 5.41) is 0. The normalized spacial score (nSPS) is 12.8. The molecule has 0 spiro atoms. The van der Waals surface area contributed by atoms with Gasteiger partial charge in [-0.05, 0) is 32.2 Å². The molecular formula is C11H23NO2. The van der Waals surface area contributed by atoms with Crippen molar-refractivity contribution in [2.24, 2.45) is 11.7 Å². The second-order valence-corrected chi connectivity index (χ2v) is 3.57. The number of ketones is 1. The number of ether oxygens (including phenoxy) is 1. The summed E-state index contributed by atoms with van der Waals surface area (Å²) < 4.78 is 5.05. The van der Waals surface area contributed by atoms with Crippen molar-refractivity contribution >= 4 is 5.78 Å². The molecule has 0 rings (SSSR count). The predicted molar refractivity (Wildman–Crippen MR) is 58.2 cm³/mol. The lowest BCUT2D eigenvalue weighted by Crippen LogP contribution is -2.13. The van der Waals surface area contributed by atoms with E-state index in [0.717, 1.165) is 25.8 Å². The molecule has 14 heavy (non-hydrogen) atoms. The molecule has 3 nitrogen and oxygen atoms in total. The fraction of sp³-hybridized carbons (Fsp3) is 0.909. The van der Waals surface area contributed by atoms with Gasteiger partial charge in [0.25, 0.3) is 0 Å². The van der Waals surface area contributed by atoms with Gasteiger partial charge in [0.15, 0.2) is 5.78 Å². The number of carbonyl (C=O) groups is 1. The minimum absolute atomic E-state index is 0.210. The zero-order chi connectivity index (χ0) is 10.8. The minimum Gasteiger partial charge on any atom is -0.374 e. The van der Waals surface area contributed by atoms with Crippen LogP contribution in [0.25, 0.3) is 0 Å². The molecule has 0 aromatic rings. The second kappa shape index (κ2) is 9.16. The van der Waals surface area contributed by atoms with Gasteiger partial charge >= 0.3 is 0 Å². The summed E-state index contributed by atoms with van der Waals surface area (Å²) in [5.41, 5.74) is 5.48. The number of hydrogen-bond donors (Lipinski definition) is 1. The van der Waals surface area contributed by atoms with E-state index >= 15 is 0 Å². The quantitative estimate of drug-likeness (QED) is 0.618. The summed E-state index contributed by atoms with van der Waals surface area (Å²) in [4.78, 5) is 11.3. The van der Waals surface area contributed by atoms with Crippen LogP contribution in [0.15, 0.2) is 0 Å². The summed E-state index contributed by atoms with van der Waals surface area (Å²) in [7, 11) is 0. The van der Waals surface area contributed by atoms with E-state index in [-0.39, 0.29) is 12.4 Å². The Labute approximate surface area is 87.0 Å². The lowest BCUT2D eigenvalue weighted by molar-refractivity contribution is -0.123. The van der Waals surface area contributed by atoms with Crippen molar-refractivity contribution in [3.8, 4) is 0 Å². The van der Waals surface area contributed by atoms with Crippen LogP contribution < -0.4 is 5.73 Å². The number of nitrogens with two attached hydrogens (primary N) is 1. The van der Waals surface area contributed by atoms with Crippen molar-refractivity contribution in [1.82, 2.24) is 0 Å². The Morgan fingerprint density at radius 2 is 2.07 bits per heavy atom. The summed E-state index contributed by atoms with van der Waals surface area (Å²) in [6, 6.07) is 0. The number of Topliss-reactive ketones (excluding diaryl/α,β-unsaturated/α-hetero) is 1. The molecule has 0 saturated carbocycles. The smallest absolute Gasteiger partial charge is 0.158 e. The maximum Gasteiger partial charge on any atom is 0.158 e. The zero-order valence-electron chi connectivity index (χ0n) is 9.42. The van der Waals surface area contributed by atoms with E-state index in [9.17, 15) is 4.79 Å². The van der Waals surface area contributed by atoms with E-state index in [4.69, 9.17) is 10.5 Å². The van der Waals surface area contributed by atoms with Crippen molar-refractivity contribution in [1.29, 1.82) is 0 Å². The molecule has 1 atom stereocenters. The summed E-state index contributed by atoms with van der Waals surface area (Å²) in [5.74, 6) is 0.813. The molecule has 0 bridgehead atoms. The molecule has 84 valence electrons. The van der Waals surface area contributed by atoms with Crippen LogP contribution in [0, 0.1) is 5.92 Å². The van der Waals surface area contributed by atoms with Crippen LogP contribution in [0.4, 0.5) is 0 Å². The summed E-state index contributed by atoms with van der Waals surface area (Å²) in [6.45, 7) is 5.66. The van der Waals surface area contributed by atoms with Gasteiger partial charge in [-0.25, -0.2) is 0 Å². The monoisotopic (exact) mass is 201 g/mol. The third kappa shape index (κ3) is 7.04. The Kier molecular flexibility index (Phi) is 8.89. The topological polar surface area (TPSA) is 52.3 Å². The van der Waals surface area contributed by atoms with E-state index in [2.05, 4.69) is 6.92 Å². The highest BCUT2D eigenvalue weighted by Crippen LogP contribution is 2.14. The van der Waals surface area contributed by atoms with E-state index in [1.807, 2.05) is 6.92 Å². The first-order chi connectivity index (χ1) is 6.74. The molecule has 0 radical (unpaired) electrons. The van der Waals surface area contributed by atoms with E-state index in [0.29, 0.717) is 18.9 Å². The molecule has 3 heteroatoms. The predicted octanol–water partition coefficient (Wildman–Crippen LogP) is 1.75. The Hall–Kier alpha value is -0.410. The van der Waals surface area contributed by atoms with Crippen molar-refractivity contribution in [3.05, 3.63) is 0 Å². The van der Waals surface area contributed by atoms with Gasteiger partial charge in [-0.2, -0.15) is 0 Å². The van der Waals surface area contributed by atoms with Gasteiger partial charge < -0.3 is 10.5 Å². The van der Waals surface area contributed by atoms with Crippen LogP contribution in [0.2, 0.25) is 0 Å². The SMILES string of the molecule is CCOCC(=O)CCC(CC)CCN. The first-order valence-corrected chi connectivity index (χ1v) is 5.54. The average Bonchev–Trinajstić information content (AvgIpc) is 2.21. The molecule has 1 unspecified atom stereocenters.